The summed E-state index contributed by atoms with van der Waals surface area (Å²) in [5, 5.41) is 13.9. The maximum absolute atomic E-state index is 8.56. The summed E-state index contributed by atoms with van der Waals surface area (Å²) in [7, 11) is 0. The van der Waals surface area contributed by atoms with Crippen LogP contribution in [-0.2, 0) is 1.33 Å². The molecule has 0 aromatic carbocycles. The molecule has 0 aliphatic rings. The molecule has 0 radical (unpaired) electrons. The second-order valence-corrected chi connectivity index (χ2v) is 0.283. The zero-order chi connectivity index (χ0) is 5.58. The van der Waals surface area contributed by atoms with Gasteiger partial charge in [0.2, 0.25) is 0 Å². The normalized spacial score (nSPS) is 4.83. The van der Waals surface area contributed by atoms with Crippen molar-refractivity contribution in [1.82, 2.24) is 0 Å². The molecule has 39 valence electrons. The van der Waals surface area contributed by atoms with Crippen molar-refractivity contribution in [2.45, 2.75) is 0 Å². The van der Waals surface area contributed by atoms with Gasteiger partial charge in [0.15, 0.2) is 0 Å². The second-order valence-electron chi connectivity index (χ2n) is 0.283. The Hall–Kier alpha value is 0.356. The van der Waals surface area contributed by atoms with E-state index >= 15 is 0 Å². The zero-order valence-corrected chi connectivity index (χ0v) is 4.68. The average molecular weight is 237 g/mol. The van der Waals surface area contributed by atoms with Crippen LogP contribution in [0.25, 0.3) is 0 Å². The molecule has 0 bridgehead atoms. The second kappa shape index (κ2) is 9.02. The molecule has 0 aliphatic heterocycles. The molecule has 0 saturated carbocycles. The van der Waals surface area contributed by atoms with Crippen LogP contribution in [0.15, 0.2) is 0 Å². The van der Waals surface area contributed by atoms with E-state index < -0.39 is 6.16 Å². The first kappa shape index (κ1) is 9.61. The summed E-state index contributed by atoms with van der Waals surface area (Å²) in [5.74, 6) is 0. The van der Waals surface area contributed by atoms with Crippen molar-refractivity contribution in [3.05, 3.63) is 0 Å². The van der Waals surface area contributed by atoms with E-state index in [2.05, 4.69) is 0 Å². The number of carboxylic acid groups (broad SMARTS) is 2. The summed E-state index contributed by atoms with van der Waals surface area (Å²) in [6, 6.07) is 0. The van der Waals surface area contributed by atoms with E-state index in [0.717, 1.165) is 36.7 Å². The number of carbonyl (C=O) groups is 1. The quantitative estimate of drug-likeness (QED) is 0.626. The van der Waals surface area contributed by atoms with Crippen LogP contribution in [0.3, 0.4) is 0 Å². The molecule has 0 saturated heterocycles. The van der Waals surface area contributed by atoms with E-state index in [1.54, 1.807) is 0 Å². The third-order valence-electron chi connectivity index (χ3n) is 0. The minimum atomic E-state index is -1.83. The van der Waals surface area contributed by atoms with Crippen LogP contribution in [0, 0.1) is 36.7 Å². The molecule has 0 rings (SSSR count). The Balaban J connectivity index is 0. The van der Waals surface area contributed by atoms with Crippen molar-refractivity contribution in [3.8, 4) is 0 Å². The third-order valence-corrected chi connectivity index (χ3v) is 0. The molecular weight excluding hydrogens is 235 g/mol. The Bertz CT molecular complexity index is 38.8. The number of rotatable bonds is 0. The van der Waals surface area contributed by atoms with Crippen LogP contribution in [0.1, 0.15) is 0 Å². The number of hydrogen-bond donors (Lipinski definition) is 2. The summed E-state index contributed by atoms with van der Waals surface area (Å²) in [6.07, 6.45) is -1.83. The molecule has 0 aromatic rings. The monoisotopic (exact) mass is 237 g/mol. The van der Waals surface area contributed by atoms with E-state index in [0.29, 0.717) is 0 Å². The SMILES string of the molecule is O=C(O)O.[O]=[Tb]. The van der Waals surface area contributed by atoms with Crippen molar-refractivity contribution in [3.63, 3.8) is 0 Å². The molecule has 0 unspecified atom stereocenters. The van der Waals surface area contributed by atoms with Gasteiger partial charge < -0.3 is 10.2 Å². The van der Waals surface area contributed by atoms with Crippen LogP contribution in [0.4, 0.5) is 4.79 Å². The number of hydrogen-bond acceptors (Lipinski definition) is 2. The van der Waals surface area contributed by atoms with E-state index in [4.69, 9.17) is 16.3 Å². The fourth-order valence-corrected chi connectivity index (χ4v) is 0. The first-order valence-electron chi connectivity index (χ1n) is 0.787. The molecule has 0 heterocycles. The standard InChI is InChI=1S/CH2O3.O.Tb/c2-1(3)4;;/h(H2,2,3,4);;. The van der Waals surface area contributed by atoms with Gasteiger partial charge in [-0.2, -0.15) is 0 Å². The predicted octanol–water partition coefficient (Wildman–Crippen LogP) is 0.104. The van der Waals surface area contributed by atoms with E-state index in [1.165, 1.54) is 0 Å². The Labute approximate surface area is 58.9 Å². The summed E-state index contributed by atoms with van der Waals surface area (Å²) in [5.41, 5.74) is 0. The van der Waals surface area contributed by atoms with Crippen molar-refractivity contribution < 1.29 is 53.1 Å². The minimum absolute atomic E-state index is 0.750. The Morgan fingerprint density at radius 1 is 1.33 bits per heavy atom. The van der Waals surface area contributed by atoms with Gasteiger partial charge in [0.05, 0.1) is 0 Å². The fourth-order valence-electron chi connectivity index (χ4n) is 0. The molecule has 0 spiro atoms. The van der Waals surface area contributed by atoms with Gasteiger partial charge in [-0.3, -0.25) is 0 Å². The first-order chi connectivity index (χ1) is 2.73. The fraction of sp³-hybridized carbons (Fsp3) is 0. The van der Waals surface area contributed by atoms with E-state index in [-0.39, 0.29) is 0 Å². The molecule has 0 atom stereocenters. The molecule has 0 aliphatic carbocycles. The average Bonchev–Trinajstić information content (AvgIpc) is 1.41. The summed E-state index contributed by atoms with van der Waals surface area (Å²) < 4.78 is 8.25. The topological polar surface area (TPSA) is 74.6 Å². The van der Waals surface area contributed by atoms with Gasteiger partial charge in [-0.1, -0.05) is 0 Å². The third kappa shape index (κ3) is 388. The van der Waals surface area contributed by atoms with Gasteiger partial charge in [-0.15, -0.1) is 0 Å². The van der Waals surface area contributed by atoms with E-state index in [9.17, 15) is 0 Å². The molecular formula is CH2O4Tb. The van der Waals surface area contributed by atoms with Crippen LogP contribution in [0.5, 0.6) is 0 Å². The molecule has 6 heavy (non-hydrogen) atoms. The Morgan fingerprint density at radius 2 is 1.33 bits per heavy atom. The summed E-state index contributed by atoms with van der Waals surface area (Å²) >= 11 is 0.750. The van der Waals surface area contributed by atoms with Gasteiger partial charge in [0.1, 0.15) is 0 Å². The van der Waals surface area contributed by atoms with Crippen molar-refractivity contribution in [2.75, 3.05) is 0 Å². The molecule has 0 fully saturated rings. The predicted molar refractivity (Wildman–Crippen MR) is 11.3 cm³/mol. The van der Waals surface area contributed by atoms with Gasteiger partial charge >= 0.3 is 44.2 Å². The summed E-state index contributed by atoms with van der Waals surface area (Å²) in [6.45, 7) is 0. The van der Waals surface area contributed by atoms with Crippen LogP contribution in [-0.4, -0.2) is 16.4 Å². The molecule has 2 N–H and O–H groups in total. The molecule has 0 aromatic heterocycles. The van der Waals surface area contributed by atoms with Crippen molar-refractivity contribution >= 4 is 6.16 Å². The van der Waals surface area contributed by atoms with Gasteiger partial charge in [-0.05, 0) is 0 Å². The van der Waals surface area contributed by atoms with Gasteiger partial charge in [0.25, 0.3) is 0 Å². The first-order valence-corrected chi connectivity index (χ1v) is 1.66. The Morgan fingerprint density at radius 3 is 1.33 bits per heavy atom. The maximum atomic E-state index is 8.56. The van der Waals surface area contributed by atoms with Crippen molar-refractivity contribution in [2.24, 2.45) is 0 Å². The van der Waals surface area contributed by atoms with E-state index in [1.807, 2.05) is 0 Å². The molecule has 5 heteroatoms. The van der Waals surface area contributed by atoms with Crippen LogP contribution < -0.4 is 0 Å². The van der Waals surface area contributed by atoms with Crippen LogP contribution >= 0.6 is 0 Å². The van der Waals surface area contributed by atoms with Gasteiger partial charge in [0, 0.05) is 0 Å². The Kier molecular flexibility index (Phi) is 14.5. The summed E-state index contributed by atoms with van der Waals surface area (Å²) in [4.78, 5) is 8.56. The zero-order valence-electron chi connectivity index (χ0n) is 2.54. The molecule has 4 nitrogen and oxygen atoms in total. The van der Waals surface area contributed by atoms with Crippen LogP contribution in [0.2, 0.25) is 0 Å². The molecule has 0 amide bonds. The van der Waals surface area contributed by atoms with Crippen molar-refractivity contribution in [1.29, 1.82) is 0 Å². The van der Waals surface area contributed by atoms with Gasteiger partial charge in [-0.25, -0.2) is 4.79 Å².